The van der Waals surface area contributed by atoms with Gasteiger partial charge in [0.05, 0.1) is 0 Å². The van der Waals surface area contributed by atoms with Crippen molar-refractivity contribution >= 4 is 6.21 Å². The lowest BCUT2D eigenvalue weighted by atomic mass is 10.2. The number of rotatable bonds is 2. The third-order valence-electron chi connectivity index (χ3n) is 1.47. The molecule has 0 fully saturated rings. The van der Waals surface area contributed by atoms with Crippen LogP contribution < -0.4 is 0 Å². The summed E-state index contributed by atoms with van der Waals surface area (Å²) in [5.41, 5.74) is 2.52. The second kappa shape index (κ2) is 4.30. The Kier molecular flexibility index (Phi) is 4.02. The molecule has 52 valence electrons. The first-order valence-corrected chi connectivity index (χ1v) is 3.37. The van der Waals surface area contributed by atoms with Crippen molar-refractivity contribution in [1.82, 2.24) is 0 Å². The van der Waals surface area contributed by atoms with E-state index < -0.39 is 0 Å². The molecule has 0 aromatic carbocycles. The summed E-state index contributed by atoms with van der Waals surface area (Å²) in [7, 11) is 0. The molecule has 0 bridgehead atoms. The van der Waals surface area contributed by atoms with Gasteiger partial charge in [0.1, 0.15) is 0 Å². The van der Waals surface area contributed by atoms with Gasteiger partial charge >= 0.3 is 0 Å². The molecule has 9 heavy (non-hydrogen) atoms. The Morgan fingerprint density at radius 3 is 2.33 bits per heavy atom. The van der Waals surface area contributed by atoms with E-state index in [0.29, 0.717) is 0 Å². The van der Waals surface area contributed by atoms with E-state index in [0.717, 1.165) is 12.1 Å². The van der Waals surface area contributed by atoms with E-state index in [4.69, 9.17) is 0 Å². The Balaban J connectivity index is 4.10. The molecular formula is C8H15N. The number of nitrogens with zero attached hydrogens (tertiary/aromatic N) is 1. The Labute approximate surface area is 57.5 Å². The van der Waals surface area contributed by atoms with Gasteiger partial charge in [-0.15, -0.1) is 0 Å². The fourth-order valence-corrected chi connectivity index (χ4v) is 0.560. The van der Waals surface area contributed by atoms with E-state index in [1.807, 2.05) is 20.1 Å². The minimum atomic E-state index is 1.10. The lowest BCUT2D eigenvalue weighted by molar-refractivity contribution is 1.04. The molecule has 0 aromatic rings. The SMILES string of the molecule is CC=N/C(C)=C(\C)CC. The van der Waals surface area contributed by atoms with E-state index in [2.05, 4.69) is 18.8 Å². The molecule has 0 amide bonds. The summed E-state index contributed by atoms with van der Waals surface area (Å²) in [6.07, 6.45) is 2.93. The maximum atomic E-state index is 4.15. The van der Waals surface area contributed by atoms with Crippen LogP contribution in [0.5, 0.6) is 0 Å². The molecule has 0 aliphatic heterocycles. The number of hydrogen-bond donors (Lipinski definition) is 0. The fraction of sp³-hybridized carbons (Fsp3) is 0.625. The molecule has 1 heteroatoms. The van der Waals surface area contributed by atoms with Crippen molar-refractivity contribution in [3.05, 3.63) is 11.3 Å². The summed E-state index contributed by atoms with van der Waals surface area (Å²) in [6.45, 7) is 8.23. The van der Waals surface area contributed by atoms with Crippen LogP contribution in [0, 0.1) is 0 Å². The second-order valence-corrected chi connectivity index (χ2v) is 2.11. The van der Waals surface area contributed by atoms with Crippen molar-refractivity contribution in [2.24, 2.45) is 4.99 Å². The zero-order valence-corrected chi connectivity index (χ0v) is 6.73. The number of aliphatic imine (C=N–C) groups is 1. The maximum Gasteiger partial charge on any atom is 0.0357 e. The summed E-state index contributed by atoms with van der Waals surface area (Å²) in [6, 6.07) is 0. The van der Waals surface area contributed by atoms with Crippen molar-refractivity contribution < 1.29 is 0 Å². The van der Waals surface area contributed by atoms with Crippen LogP contribution in [0.15, 0.2) is 16.3 Å². The summed E-state index contributed by atoms with van der Waals surface area (Å²) < 4.78 is 0. The minimum Gasteiger partial charge on any atom is -0.266 e. The Bertz CT molecular complexity index is 132. The Morgan fingerprint density at radius 2 is 2.00 bits per heavy atom. The van der Waals surface area contributed by atoms with Crippen molar-refractivity contribution in [2.75, 3.05) is 0 Å². The number of hydrogen-bond acceptors (Lipinski definition) is 1. The van der Waals surface area contributed by atoms with Crippen LogP contribution >= 0.6 is 0 Å². The monoisotopic (exact) mass is 125 g/mol. The molecule has 0 aliphatic rings. The fourth-order valence-electron chi connectivity index (χ4n) is 0.560. The predicted molar refractivity (Wildman–Crippen MR) is 42.8 cm³/mol. The van der Waals surface area contributed by atoms with Crippen LogP contribution in [0.1, 0.15) is 34.1 Å². The molecule has 0 saturated carbocycles. The van der Waals surface area contributed by atoms with Crippen molar-refractivity contribution in [3.63, 3.8) is 0 Å². The van der Waals surface area contributed by atoms with Crippen LogP contribution in [0.4, 0.5) is 0 Å². The normalized spacial score (nSPS) is 14.2. The quantitative estimate of drug-likeness (QED) is 0.503. The molecule has 0 radical (unpaired) electrons. The number of allylic oxidation sites excluding steroid dienone is 2. The van der Waals surface area contributed by atoms with Gasteiger partial charge in [-0.1, -0.05) is 12.5 Å². The first kappa shape index (κ1) is 8.41. The van der Waals surface area contributed by atoms with Crippen LogP contribution in [-0.4, -0.2) is 6.21 Å². The third-order valence-corrected chi connectivity index (χ3v) is 1.47. The minimum absolute atomic E-state index is 1.10. The predicted octanol–water partition coefficient (Wildman–Crippen LogP) is 2.78. The smallest absolute Gasteiger partial charge is 0.0357 e. The summed E-state index contributed by atoms with van der Waals surface area (Å²) in [4.78, 5) is 4.15. The summed E-state index contributed by atoms with van der Waals surface area (Å²) in [5.74, 6) is 0. The molecule has 0 heterocycles. The maximum absolute atomic E-state index is 4.15. The molecule has 0 spiro atoms. The zero-order valence-electron chi connectivity index (χ0n) is 6.73. The molecule has 0 saturated heterocycles. The van der Waals surface area contributed by atoms with Gasteiger partial charge in [0.25, 0.3) is 0 Å². The second-order valence-electron chi connectivity index (χ2n) is 2.11. The first-order chi connectivity index (χ1) is 4.22. The van der Waals surface area contributed by atoms with E-state index in [1.165, 1.54) is 5.57 Å². The highest BCUT2D eigenvalue weighted by Gasteiger charge is 1.87. The highest BCUT2D eigenvalue weighted by atomic mass is 14.7. The largest absolute Gasteiger partial charge is 0.266 e. The van der Waals surface area contributed by atoms with Gasteiger partial charge < -0.3 is 0 Å². The first-order valence-electron chi connectivity index (χ1n) is 3.37. The van der Waals surface area contributed by atoms with Gasteiger partial charge in [0.2, 0.25) is 0 Å². The Morgan fingerprint density at radius 1 is 1.44 bits per heavy atom. The van der Waals surface area contributed by atoms with Crippen molar-refractivity contribution in [1.29, 1.82) is 0 Å². The molecule has 0 unspecified atom stereocenters. The van der Waals surface area contributed by atoms with Gasteiger partial charge in [-0.2, -0.15) is 0 Å². The molecule has 1 nitrogen and oxygen atoms in total. The highest BCUT2D eigenvalue weighted by molar-refractivity contribution is 5.55. The van der Waals surface area contributed by atoms with Crippen molar-refractivity contribution in [2.45, 2.75) is 34.1 Å². The molecular weight excluding hydrogens is 110 g/mol. The summed E-state index contributed by atoms with van der Waals surface area (Å²) >= 11 is 0. The molecule has 0 aliphatic carbocycles. The van der Waals surface area contributed by atoms with Gasteiger partial charge in [-0.05, 0) is 27.2 Å². The van der Waals surface area contributed by atoms with Crippen LogP contribution in [0.25, 0.3) is 0 Å². The molecule has 0 aromatic heterocycles. The molecule has 0 atom stereocenters. The Hall–Kier alpha value is -0.590. The van der Waals surface area contributed by atoms with Gasteiger partial charge in [-0.25, -0.2) is 0 Å². The standard InChI is InChI=1S/C8H15N/c1-5-7(3)8(4)9-6-2/h6H,5H2,1-4H3/b8-7+,9-6?. The van der Waals surface area contributed by atoms with Crippen LogP contribution in [0.3, 0.4) is 0 Å². The summed E-state index contributed by atoms with van der Waals surface area (Å²) in [5, 5.41) is 0. The lowest BCUT2D eigenvalue weighted by Gasteiger charge is -1.96. The van der Waals surface area contributed by atoms with Gasteiger partial charge in [0, 0.05) is 11.9 Å². The van der Waals surface area contributed by atoms with Crippen molar-refractivity contribution in [3.8, 4) is 0 Å². The average Bonchev–Trinajstić information content (AvgIpc) is 1.87. The van der Waals surface area contributed by atoms with E-state index >= 15 is 0 Å². The zero-order chi connectivity index (χ0) is 7.28. The molecule has 0 N–H and O–H groups in total. The van der Waals surface area contributed by atoms with Gasteiger partial charge in [-0.3, -0.25) is 4.99 Å². The van der Waals surface area contributed by atoms with E-state index in [9.17, 15) is 0 Å². The van der Waals surface area contributed by atoms with Crippen LogP contribution in [0.2, 0.25) is 0 Å². The van der Waals surface area contributed by atoms with Crippen LogP contribution in [-0.2, 0) is 0 Å². The van der Waals surface area contributed by atoms with Gasteiger partial charge in [0.15, 0.2) is 0 Å². The topological polar surface area (TPSA) is 12.4 Å². The highest BCUT2D eigenvalue weighted by Crippen LogP contribution is 2.06. The molecule has 0 rings (SSSR count). The lowest BCUT2D eigenvalue weighted by Crippen LogP contribution is -1.77. The third kappa shape index (κ3) is 3.07. The average molecular weight is 125 g/mol. The van der Waals surface area contributed by atoms with E-state index in [-0.39, 0.29) is 0 Å². The van der Waals surface area contributed by atoms with E-state index in [1.54, 1.807) is 0 Å².